The van der Waals surface area contributed by atoms with E-state index in [2.05, 4.69) is 24.5 Å². The number of rotatable bonds is 4. The summed E-state index contributed by atoms with van der Waals surface area (Å²) in [6.07, 6.45) is 0. The maximum absolute atomic E-state index is 11.6. The lowest BCUT2D eigenvalue weighted by molar-refractivity contribution is 0.234. The molecule has 1 rings (SSSR count). The van der Waals surface area contributed by atoms with Crippen molar-refractivity contribution in [2.75, 3.05) is 0 Å². The molecule has 1 atom stereocenters. The molecule has 94 valence electrons. The molecular formula is C14H22N2O. The van der Waals surface area contributed by atoms with Crippen LogP contribution in [0.1, 0.15) is 31.9 Å². The molecule has 3 nitrogen and oxygen atoms in total. The summed E-state index contributed by atoms with van der Waals surface area (Å²) in [5.74, 6) is 0.445. The molecule has 1 aromatic carbocycles. The summed E-state index contributed by atoms with van der Waals surface area (Å²) in [4.78, 5) is 11.6. The van der Waals surface area contributed by atoms with E-state index in [9.17, 15) is 4.79 Å². The molecule has 0 fully saturated rings. The van der Waals surface area contributed by atoms with Crippen LogP contribution in [-0.2, 0) is 6.54 Å². The number of nitrogens with one attached hydrogen (secondary N) is 2. The van der Waals surface area contributed by atoms with Crippen molar-refractivity contribution in [3.63, 3.8) is 0 Å². The Labute approximate surface area is 104 Å². The Hall–Kier alpha value is -1.51. The number of carbonyl (C=O) groups excluding carboxylic acids is 1. The number of urea groups is 1. The predicted molar refractivity (Wildman–Crippen MR) is 70.9 cm³/mol. The average Bonchev–Trinajstić information content (AvgIpc) is 2.28. The van der Waals surface area contributed by atoms with Gasteiger partial charge >= 0.3 is 6.03 Å². The highest BCUT2D eigenvalue weighted by Gasteiger charge is 2.09. The van der Waals surface area contributed by atoms with E-state index in [0.29, 0.717) is 12.5 Å². The van der Waals surface area contributed by atoms with Crippen LogP contribution in [0.5, 0.6) is 0 Å². The number of benzene rings is 1. The van der Waals surface area contributed by atoms with E-state index in [4.69, 9.17) is 0 Å². The number of carbonyl (C=O) groups is 1. The molecule has 0 saturated carbocycles. The van der Waals surface area contributed by atoms with Crippen molar-refractivity contribution in [3.05, 3.63) is 35.4 Å². The van der Waals surface area contributed by atoms with Gasteiger partial charge in [0.05, 0.1) is 0 Å². The van der Waals surface area contributed by atoms with Crippen molar-refractivity contribution < 1.29 is 4.79 Å². The summed E-state index contributed by atoms with van der Waals surface area (Å²) >= 11 is 0. The smallest absolute Gasteiger partial charge is 0.315 e. The zero-order valence-electron chi connectivity index (χ0n) is 11.1. The van der Waals surface area contributed by atoms with Crippen molar-refractivity contribution in [1.29, 1.82) is 0 Å². The van der Waals surface area contributed by atoms with Crippen LogP contribution in [0.3, 0.4) is 0 Å². The molecule has 3 heteroatoms. The third kappa shape index (κ3) is 4.89. The SMILES string of the molecule is Cc1ccc(CNC(=O)NC(C)C(C)C)cc1. The van der Waals surface area contributed by atoms with Crippen molar-refractivity contribution in [2.24, 2.45) is 5.92 Å². The minimum Gasteiger partial charge on any atom is -0.335 e. The molecule has 1 aromatic rings. The lowest BCUT2D eigenvalue weighted by Crippen LogP contribution is -2.42. The molecule has 0 aliphatic rings. The van der Waals surface area contributed by atoms with Crippen LogP contribution in [0.4, 0.5) is 4.79 Å². The first-order chi connectivity index (χ1) is 7.99. The molecule has 1 unspecified atom stereocenters. The summed E-state index contributed by atoms with van der Waals surface area (Å²) in [5.41, 5.74) is 2.34. The molecule has 2 N–H and O–H groups in total. The van der Waals surface area contributed by atoms with E-state index in [1.807, 2.05) is 38.1 Å². The van der Waals surface area contributed by atoms with E-state index in [1.165, 1.54) is 5.56 Å². The third-order valence-electron chi connectivity index (χ3n) is 2.93. The summed E-state index contributed by atoms with van der Waals surface area (Å²) in [5, 5.41) is 5.77. The Bertz CT molecular complexity index is 357. The number of amides is 2. The predicted octanol–water partition coefficient (Wildman–Crippen LogP) is 2.84. The number of hydrogen-bond donors (Lipinski definition) is 2. The van der Waals surface area contributed by atoms with E-state index in [0.717, 1.165) is 5.56 Å². The normalized spacial score (nSPS) is 12.3. The molecule has 17 heavy (non-hydrogen) atoms. The lowest BCUT2D eigenvalue weighted by Gasteiger charge is -2.17. The minimum atomic E-state index is -0.105. The molecule has 0 bridgehead atoms. The quantitative estimate of drug-likeness (QED) is 0.826. The summed E-state index contributed by atoms with van der Waals surface area (Å²) < 4.78 is 0. The van der Waals surface area contributed by atoms with Gasteiger partial charge in [0.2, 0.25) is 0 Å². The van der Waals surface area contributed by atoms with E-state index in [-0.39, 0.29) is 12.1 Å². The van der Waals surface area contributed by atoms with Crippen LogP contribution in [-0.4, -0.2) is 12.1 Å². The highest BCUT2D eigenvalue weighted by Crippen LogP contribution is 2.03. The van der Waals surface area contributed by atoms with E-state index < -0.39 is 0 Å². The molecule has 0 radical (unpaired) electrons. The van der Waals surface area contributed by atoms with Gasteiger partial charge in [0.15, 0.2) is 0 Å². The van der Waals surface area contributed by atoms with Gasteiger partial charge in [-0.05, 0) is 25.3 Å². The second kappa shape index (κ2) is 6.28. The molecular weight excluding hydrogens is 212 g/mol. The van der Waals surface area contributed by atoms with E-state index in [1.54, 1.807) is 0 Å². The Morgan fingerprint density at radius 3 is 2.29 bits per heavy atom. The Balaban J connectivity index is 2.35. The Kier molecular flexibility index (Phi) is 5.01. The van der Waals surface area contributed by atoms with Gasteiger partial charge in [-0.15, -0.1) is 0 Å². The third-order valence-corrected chi connectivity index (χ3v) is 2.93. The highest BCUT2D eigenvalue weighted by atomic mass is 16.2. The molecule has 0 heterocycles. The van der Waals surface area contributed by atoms with Crippen LogP contribution in [0.2, 0.25) is 0 Å². The fourth-order valence-corrected chi connectivity index (χ4v) is 1.31. The van der Waals surface area contributed by atoms with Crippen molar-refractivity contribution in [3.8, 4) is 0 Å². The maximum atomic E-state index is 11.6. The van der Waals surface area contributed by atoms with Gasteiger partial charge in [-0.3, -0.25) is 0 Å². The van der Waals surface area contributed by atoms with Gasteiger partial charge in [-0.2, -0.15) is 0 Å². The van der Waals surface area contributed by atoms with Crippen molar-refractivity contribution in [1.82, 2.24) is 10.6 Å². The zero-order valence-corrected chi connectivity index (χ0v) is 11.1. The molecule has 0 saturated heterocycles. The molecule has 0 aromatic heterocycles. The van der Waals surface area contributed by atoms with Gasteiger partial charge in [0.1, 0.15) is 0 Å². The van der Waals surface area contributed by atoms with Crippen LogP contribution >= 0.6 is 0 Å². The summed E-state index contributed by atoms with van der Waals surface area (Å²) in [7, 11) is 0. The van der Waals surface area contributed by atoms with Gasteiger partial charge in [0.25, 0.3) is 0 Å². The standard InChI is InChI=1S/C14H22N2O/c1-10(2)12(4)16-14(17)15-9-13-7-5-11(3)6-8-13/h5-8,10,12H,9H2,1-4H3,(H2,15,16,17). The molecule has 0 aliphatic carbocycles. The zero-order chi connectivity index (χ0) is 12.8. The number of hydrogen-bond acceptors (Lipinski definition) is 1. The first-order valence-corrected chi connectivity index (χ1v) is 6.09. The lowest BCUT2D eigenvalue weighted by atomic mass is 10.1. The first kappa shape index (κ1) is 13.6. The maximum Gasteiger partial charge on any atom is 0.315 e. The Morgan fingerprint density at radius 2 is 1.76 bits per heavy atom. The summed E-state index contributed by atoms with van der Waals surface area (Å²) in [6.45, 7) is 8.80. The summed E-state index contributed by atoms with van der Waals surface area (Å²) in [6, 6.07) is 8.24. The van der Waals surface area contributed by atoms with Crippen LogP contribution in [0, 0.1) is 12.8 Å². The fraction of sp³-hybridized carbons (Fsp3) is 0.500. The van der Waals surface area contributed by atoms with Crippen LogP contribution < -0.4 is 10.6 Å². The van der Waals surface area contributed by atoms with E-state index >= 15 is 0 Å². The second-order valence-corrected chi connectivity index (χ2v) is 4.85. The number of aryl methyl sites for hydroxylation is 1. The van der Waals surface area contributed by atoms with Crippen LogP contribution in [0.25, 0.3) is 0 Å². The first-order valence-electron chi connectivity index (χ1n) is 6.09. The minimum absolute atomic E-state index is 0.105. The average molecular weight is 234 g/mol. The second-order valence-electron chi connectivity index (χ2n) is 4.85. The van der Waals surface area contributed by atoms with Crippen molar-refractivity contribution >= 4 is 6.03 Å². The van der Waals surface area contributed by atoms with Gasteiger partial charge in [-0.1, -0.05) is 43.7 Å². The molecule has 0 aliphatic heterocycles. The molecule has 2 amide bonds. The van der Waals surface area contributed by atoms with Crippen molar-refractivity contribution in [2.45, 2.75) is 40.3 Å². The monoisotopic (exact) mass is 234 g/mol. The largest absolute Gasteiger partial charge is 0.335 e. The fourth-order valence-electron chi connectivity index (χ4n) is 1.31. The highest BCUT2D eigenvalue weighted by molar-refractivity contribution is 5.74. The van der Waals surface area contributed by atoms with Gasteiger partial charge < -0.3 is 10.6 Å². The topological polar surface area (TPSA) is 41.1 Å². The van der Waals surface area contributed by atoms with Crippen LogP contribution in [0.15, 0.2) is 24.3 Å². The molecule has 0 spiro atoms. The Morgan fingerprint density at radius 1 is 1.18 bits per heavy atom. The van der Waals surface area contributed by atoms with Gasteiger partial charge in [-0.25, -0.2) is 4.79 Å². The van der Waals surface area contributed by atoms with Gasteiger partial charge in [0, 0.05) is 12.6 Å².